The summed E-state index contributed by atoms with van der Waals surface area (Å²) in [5, 5.41) is 3.19. The molecule has 1 atom stereocenters. The number of carbonyl (C=O) groups excluding carboxylic acids is 1. The van der Waals surface area contributed by atoms with Gasteiger partial charge in [0.15, 0.2) is 5.78 Å². The van der Waals surface area contributed by atoms with Gasteiger partial charge in [0.2, 0.25) is 0 Å². The Labute approximate surface area is 80.4 Å². The fourth-order valence-electron chi connectivity index (χ4n) is 1.64. The van der Waals surface area contributed by atoms with Gasteiger partial charge in [-0.25, -0.2) is 0 Å². The van der Waals surface area contributed by atoms with Crippen LogP contribution in [0.1, 0.15) is 27.2 Å². The topological polar surface area (TPSA) is 29.1 Å². The summed E-state index contributed by atoms with van der Waals surface area (Å²) in [4.78, 5) is 11.4. The molecule has 0 amide bonds. The largest absolute Gasteiger partial charge is 0.309 e. The van der Waals surface area contributed by atoms with E-state index in [1.54, 1.807) is 0 Å². The summed E-state index contributed by atoms with van der Waals surface area (Å²) in [7, 11) is 0. The van der Waals surface area contributed by atoms with Crippen LogP contribution in [0.5, 0.6) is 0 Å². The van der Waals surface area contributed by atoms with Gasteiger partial charge in [0.25, 0.3) is 0 Å². The molecule has 0 aromatic heterocycles. The zero-order chi connectivity index (χ0) is 10.1. The molecular weight excluding hydrogens is 162 g/mol. The van der Waals surface area contributed by atoms with E-state index in [2.05, 4.69) is 32.7 Å². The maximum absolute atomic E-state index is 11.4. The molecule has 0 bridgehead atoms. The van der Waals surface area contributed by atoms with Crippen molar-refractivity contribution in [2.24, 2.45) is 11.3 Å². The van der Waals surface area contributed by atoms with E-state index in [1.807, 2.05) is 0 Å². The molecule has 1 N–H and O–H groups in total. The molecule has 13 heavy (non-hydrogen) atoms. The van der Waals surface area contributed by atoms with Gasteiger partial charge >= 0.3 is 0 Å². The van der Waals surface area contributed by atoms with Gasteiger partial charge in [0.05, 0.1) is 6.54 Å². The molecule has 1 unspecified atom stereocenters. The third kappa shape index (κ3) is 2.19. The molecule has 74 valence electrons. The van der Waals surface area contributed by atoms with E-state index < -0.39 is 0 Å². The Morgan fingerprint density at radius 1 is 1.54 bits per heavy atom. The number of carbonyl (C=O) groups is 1. The molecule has 1 aliphatic rings. The fraction of sp³-hybridized carbons (Fsp3) is 0.727. The highest BCUT2D eigenvalue weighted by Gasteiger charge is 2.32. The quantitative estimate of drug-likeness (QED) is 0.625. The minimum absolute atomic E-state index is 0.171. The minimum Gasteiger partial charge on any atom is -0.309 e. The number of nitrogens with one attached hydrogen (secondary N) is 1. The zero-order valence-electron chi connectivity index (χ0n) is 8.81. The Morgan fingerprint density at radius 2 is 2.15 bits per heavy atom. The second-order valence-electron chi connectivity index (χ2n) is 4.62. The molecule has 0 aliphatic carbocycles. The van der Waals surface area contributed by atoms with Crippen LogP contribution in [0.25, 0.3) is 0 Å². The van der Waals surface area contributed by atoms with Gasteiger partial charge in [-0.2, -0.15) is 0 Å². The molecule has 1 saturated heterocycles. The highest BCUT2D eigenvalue weighted by atomic mass is 16.1. The smallest absolute Gasteiger partial charge is 0.172 e. The van der Waals surface area contributed by atoms with Gasteiger partial charge in [0.1, 0.15) is 0 Å². The molecule has 0 spiro atoms. The van der Waals surface area contributed by atoms with Gasteiger partial charge in [-0.3, -0.25) is 4.79 Å². The van der Waals surface area contributed by atoms with Crippen LogP contribution >= 0.6 is 0 Å². The minimum atomic E-state index is 0.171. The van der Waals surface area contributed by atoms with Crippen molar-refractivity contribution in [1.29, 1.82) is 0 Å². The Hall–Kier alpha value is -0.630. The SMILES string of the molecule is C=C1CC(C)(C(C)C)CNCC1=O. The lowest BCUT2D eigenvalue weighted by atomic mass is 9.74. The number of Topliss-reactive ketones (excluding diaryl/α,β-unsaturated/α-hetero) is 1. The van der Waals surface area contributed by atoms with Gasteiger partial charge in [-0.15, -0.1) is 0 Å². The molecule has 0 aromatic carbocycles. The number of hydrogen-bond acceptors (Lipinski definition) is 2. The lowest BCUT2D eigenvalue weighted by Gasteiger charge is -2.32. The highest BCUT2D eigenvalue weighted by molar-refractivity contribution is 5.96. The molecule has 0 saturated carbocycles. The molecule has 0 aromatic rings. The maximum Gasteiger partial charge on any atom is 0.172 e. The first kappa shape index (κ1) is 10.5. The average molecular weight is 181 g/mol. The first-order chi connectivity index (χ1) is 5.96. The van der Waals surface area contributed by atoms with Crippen molar-refractivity contribution < 1.29 is 4.79 Å². The predicted molar refractivity (Wildman–Crippen MR) is 54.6 cm³/mol. The Kier molecular flexibility index (Phi) is 2.91. The summed E-state index contributed by atoms with van der Waals surface area (Å²) in [6, 6.07) is 0. The van der Waals surface area contributed by atoms with E-state index in [0.717, 1.165) is 18.5 Å². The molecular formula is C11H19NO. The third-order valence-corrected chi connectivity index (χ3v) is 3.22. The van der Waals surface area contributed by atoms with Crippen molar-refractivity contribution in [2.75, 3.05) is 13.1 Å². The Balaban J connectivity index is 2.79. The van der Waals surface area contributed by atoms with Crippen LogP contribution in [0.3, 0.4) is 0 Å². The fourth-order valence-corrected chi connectivity index (χ4v) is 1.64. The van der Waals surface area contributed by atoms with Crippen molar-refractivity contribution in [3.63, 3.8) is 0 Å². The second kappa shape index (κ2) is 3.62. The Morgan fingerprint density at radius 3 is 2.69 bits per heavy atom. The number of hydrogen-bond donors (Lipinski definition) is 1. The molecule has 1 rings (SSSR count). The van der Waals surface area contributed by atoms with Crippen LogP contribution in [-0.4, -0.2) is 18.9 Å². The maximum atomic E-state index is 11.4. The van der Waals surface area contributed by atoms with Gasteiger partial charge in [-0.05, 0) is 23.3 Å². The summed E-state index contributed by atoms with van der Waals surface area (Å²) in [5.74, 6) is 0.743. The molecule has 2 heteroatoms. The van der Waals surface area contributed by atoms with E-state index in [1.165, 1.54) is 0 Å². The van der Waals surface area contributed by atoms with Crippen molar-refractivity contribution in [2.45, 2.75) is 27.2 Å². The predicted octanol–water partition coefficient (Wildman–Crippen LogP) is 1.77. The van der Waals surface area contributed by atoms with Gasteiger partial charge in [0, 0.05) is 6.54 Å². The molecule has 0 radical (unpaired) electrons. The Bertz CT molecular complexity index is 232. The van der Waals surface area contributed by atoms with Crippen LogP contribution in [0.4, 0.5) is 0 Å². The van der Waals surface area contributed by atoms with E-state index >= 15 is 0 Å². The van der Waals surface area contributed by atoms with Crippen molar-refractivity contribution in [3.05, 3.63) is 12.2 Å². The van der Waals surface area contributed by atoms with Gasteiger partial charge in [-0.1, -0.05) is 27.4 Å². The summed E-state index contributed by atoms with van der Waals surface area (Å²) < 4.78 is 0. The first-order valence-corrected chi connectivity index (χ1v) is 4.87. The van der Waals surface area contributed by atoms with E-state index in [9.17, 15) is 4.79 Å². The summed E-state index contributed by atoms with van der Waals surface area (Å²) >= 11 is 0. The second-order valence-corrected chi connectivity index (χ2v) is 4.62. The standard InChI is InChI=1S/C11H19NO/c1-8(2)11(4)5-9(3)10(13)6-12-7-11/h8,12H,3,5-7H2,1-2,4H3. The normalized spacial score (nSPS) is 30.8. The van der Waals surface area contributed by atoms with Crippen molar-refractivity contribution in [1.82, 2.24) is 5.32 Å². The van der Waals surface area contributed by atoms with Crippen molar-refractivity contribution in [3.8, 4) is 0 Å². The van der Waals surface area contributed by atoms with Crippen LogP contribution in [0, 0.1) is 11.3 Å². The summed E-state index contributed by atoms with van der Waals surface area (Å²) in [6.07, 6.45) is 0.830. The van der Waals surface area contributed by atoms with Crippen LogP contribution in [0.15, 0.2) is 12.2 Å². The number of rotatable bonds is 1. The van der Waals surface area contributed by atoms with E-state index in [0.29, 0.717) is 12.5 Å². The number of ketones is 1. The van der Waals surface area contributed by atoms with Crippen LogP contribution in [0.2, 0.25) is 0 Å². The molecule has 1 heterocycles. The van der Waals surface area contributed by atoms with Crippen LogP contribution in [-0.2, 0) is 4.79 Å². The summed E-state index contributed by atoms with van der Waals surface area (Å²) in [6.45, 7) is 11.8. The van der Waals surface area contributed by atoms with E-state index in [-0.39, 0.29) is 11.2 Å². The monoisotopic (exact) mass is 181 g/mol. The van der Waals surface area contributed by atoms with Crippen molar-refractivity contribution >= 4 is 5.78 Å². The van der Waals surface area contributed by atoms with E-state index in [4.69, 9.17) is 0 Å². The van der Waals surface area contributed by atoms with Crippen LogP contribution < -0.4 is 5.32 Å². The average Bonchev–Trinajstić information content (AvgIpc) is 2.14. The first-order valence-electron chi connectivity index (χ1n) is 4.87. The molecule has 1 fully saturated rings. The third-order valence-electron chi connectivity index (χ3n) is 3.22. The van der Waals surface area contributed by atoms with Gasteiger partial charge < -0.3 is 5.32 Å². The lowest BCUT2D eigenvalue weighted by Crippen LogP contribution is -2.34. The summed E-state index contributed by atoms with van der Waals surface area (Å²) in [5.41, 5.74) is 0.963. The molecule has 1 aliphatic heterocycles. The molecule has 2 nitrogen and oxygen atoms in total. The highest BCUT2D eigenvalue weighted by Crippen LogP contribution is 2.34. The lowest BCUT2D eigenvalue weighted by molar-refractivity contribution is -0.114. The zero-order valence-corrected chi connectivity index (χ0v) is 8.81.